The van der Waals surface area contributed by atoms with Crippen molar-refractivity contribution in [1.82, 2.24) is 10.1 Å². The van der Waals surface area contributed by atoms with Crippen LogP contribution in [-0.2, 0) is 17.4 Å². The second-order valence-electron chi connectivity index (χ2n) is 4.78. The number of hydrogen-bond acceptors (Lipinski definition) is 4. The summed E-state index contributed by atoms with van der Waals surface area (Å²) in [5.41, 5.74) is 0.806. The van der Waals surface area contributed by atoms with E-state index in [1.165, 1.54) is 6.07 Å². The Kier molecular flexibility index (Phi) is 4.48. The summed E-state index contributed by atoms with van der Waals surface area (Å²) in [6, 6.07) is 1.99. The average molecular weight is 313 g/mol. The zero-order valence-corrected chi connectivity index (χ0v) is 12.0. The summed E-state index contributed by atoms with van der Waals surface area (Å²) in [4.78, 5) is 15.1. The number of nitrogens with zero attached hydrogens (tertiary/aromatic N) is 2. The normalized spacial score (nSPS) is 11.5. The molecule has 0 unspecified atom stereocenters. The zero-order valence-electron chi connectivity index (χ0n) is 12.0. The summed E-state index contributed by atoms with van der Waals surface area (Å²) >= 11 is 0. The number of carbonyl (C=O) groups excluding carboxylic acids is 1. The number of hydrogen-bond donors (Lipinski definition) is 1. The van der Waals surface area contributed by atoms with Crippen LogP contribution in [0, 0.1) is 13.8 Å². The van der Waals surface area contributed by atoms with E-state index in [-0.39, 0.29) is 18.0 Å². The maximum Gasteiger partial charge on any atom is 0.433 e. The third-order valence-corrected chi connectivity index (χ3v) is 3.12. The molecule has 0 aromatic carbocycles. The molecule has 2 rings (SSSR count). The van der Waals surface area contributed by atoms with Gasteiger partial charge in [0.05, 0.1) is 17.6 Å². The van der Waals surface area contributed by atoms with Crippen LogP contribution in [0.3, 0.4) is 0 Å². The van der Waals surface area contributed by atoms with Gasteiger partial charge in [0.25, 0.3) is 0 Å². The van der Waals surface area contributed by atoms with E-state index in [0.717, 1.165) is 23.5 Å². The highest BCUT2D eigenvalue weighted by Crippen LogP contribution is 2.27. The zero-order chi connectivity index (χ0) is 16.3. The largest absolute Gasteiger partial charge is 0.433 e. The fourth-order valence-electron chi connectivity index (χ4n) is 1.96. The molecule has 0 saturated heterocycles. The molecule has 0 aliphatic rings. The van der Waals surface area contributed by atoms with Gasteiger partial charge in [-0.2, -0.15) is 13.2 Å². The first-order chi connectivity index (χ1) is 10.3. The third-order valence-electron chi connectivity index (χ3n) is 3.12. The number of rotatable bonds is 4. The molecule has 0 spiro atoms. The van der Waals surface area contributed by atoms with E-state index < -0.39 is 11.9 Å². The van der Waals surface area contributed by atoms with Crippen LogP contribution >= 0.6 is 0 Å². The highest BCUT2D eigenvalue weighted by Gasteiger charge is 2.32. The standard InChI is InChI=1S/C14H14F3N3O2/c1-8-11(9(2)22-20-8)4-6-13(21)19-10-3-5-12(18-7-10)14(15,16)17/h3,5,7H,4,6H2,1-2H3,(H,19,21). The molecule has 0 saturated carbocycles. The van der Waals surface area contributed by atoms with Crippen molar-refractivity contribution in [3.05, 3.63) is 41.0 Å². The Labute approximate surface area is 124 Å². The van der Waals surface area contributed by atoms with Gasteiger partial charge in [-0.3, -0.25) is 4.79 Å². The molecule has 0 fully saturated rings. The second-order valence-corrected chi connectivity index (χ2v) is 4.78. The Morgan fingerprint density at radius 1 is 1.32 bits per heavy atom. The van der Waals surface area contributed by atoms with Crippen LogP contribution in [-0.4, -0.2) is 16.0 Å². The summed E-state index contributed by atoms with van der Waals surface area (Å²) in [6.07, 6.45) is -2.90. The lowest BCUT2D eigenvalue weighted by Crippen LogP contribution is -2.14. The summed E-state index contributed by atoms with van der Waals surface area (Å²) in [6.45, 7) is 3.54. The fourth-order valence-corrected chi connectivity index (χ4v) is 1.96. The molecule has 0 bridgehead atoms. The van der Waals surface area contributed by atoms with Crippen LogP contribution in [0.5, 0.6) is 0 Å². The Morgan fingerprint density at radius 2 is 2.05 bits per heavy atom. The lowest BCUT2D eigenvalue weighted by Gasteiger charge is -2.08. The van der Waals surface area contributed by atoms with Gasteiger partial charge in [-0.25, -0.2) is 4.98 Å². The summed E-state index contributed by atoms with van der Waals surface area (Å²) in [5.74, 6) is 0.336. The van der Waals surface area contributed by atoms with E-state index in [9.17, 15) is 18.0 Å². The number of halogens is 3. The minimum atomic E-state index is -4.49. The van der Waals surface area contributed by atoms with E-state index in [1.54, 1.807) is 13.8 Å². The quantitative estimate of drug-likeness (QED) is 0.940. The molecule has 0 radical (unpaired) electrons. The van der Waals surface area contributed by atoms with Crippen molar-refractivity contribution in [2.24, 2.45) is 0 Å². The van der Waals surface area contributed by atoms with Crippen molar-refractivity contribution in [1.29, 1.82) is 0 Å². The van der Waals surface area contributed by atoms with Crippen molar-refractivity contribution in [3.8, 4) is 0 Å². The molecule has 2 aromatic rings. The number of pyridine rings is 1. The van der Waals surface area contributed by atoms with Crippen LogP contribution in [0.1, 0.15) is 29.1 Å². The number of alkyl halides is 3. The molecule has 2 heterocycles. The van der Waals surface area contributed by atoms with Gasteiger partial charge in [-0.1, -0.05) is 5.16 Å². The van der Waals surface area contributed by atoms with Gasteiger partial charge in [-0.05, 0) is 32.4 Å². The van der Waals surface area contributed by atoms with Crippen molar-refractivity contribution in [2.75, 3.05) is 5.32 Å². The SMILES string of the molecule is Cc1noc(C)c1CCC(=O)Nc1ccc(C(F)(F)F)nc1. The fraction of sp³-hybridized carbons (Fsp3) is 0.357. The van der Waals surface area contributed by atoms with Gasteiger partial charge in [0.1, 0.15) is 11.5 Å². The maximum absolute atomic E-state index is 12.4. The van der Waals surface area contributed by atoms with Crippen molar-refractivity contribution >= 4 is 11.6 Å². The van der Waals surface area contributed by atoms with E-state index in [2.05, 4.69) is 15.5 Å². The van der Waals surface area contributed by atoms with Gasteiger partial charge in [0.15, 0.2) is 0 Å². The van der Waals surface area contributed by atoms with E-state index in [4.69, 9.17) is 4.52 Å². The number of aryl methyl sites for hydroxylation is 2. The lowest BCUT2D eigenvalue weighted by atomic mass is 10.1. The minimum absolute atomic E-state index is 0.171. The van der Waals surface area contributed by atoms with Crippen LogP contribution in [0.4, 0.5) is 18.9 Å². The van der Waals surface area contributed by atoms with Crippen LogP contribution in [0.2, 0.25) is 0 Å². The van der Waals surface area contributed by atoms with Crippen molar-refractivity contribution in [3.63, 3.8) is 0 Å². The summed E-state index contributed by atoms with van der Waals surface area (Å²) < 4.78 is 42.1. The molecule has 1 amide bonds. The van der Waals surface area contributed by atoms with E-state index in [1.807, 2.05) is 0 Å². The molecule has 118 valence electrons. The smallest absolute Gasteiger partial charge is 0.361 e. The Balaban J connectivity index is 1.92. The molecule has 0 aliphatic heterocycles. The topological polar surface area (TPSA) is 68.0 Å². The lowest BCUT2D eigenvalue weighted by molar-refractivity contribution is -0.141. The van der Waals surface area contributed by atoms with Crippen molar-refractivity contribution in [2.45, 2.75) is 32.9 Å². The van der Waals surface area contributed by atoms with Gasteiger partial charge >= 0.3 is 6.18 Å². The Bertz CT molecular complexity index is 643. The number of carbonyl (C=O) groups is 1. The van der Waals surface area contributed by atoms with Gasteiger partial charge < -0.3 is 9.84 Å². The molecular weight excluding hydrogens is 299 g/mol. The van der Waals surface area contributed by atoms with Crippen LogP contribution in [0.25, 0.3) is 0 Å². The molecule has 8 heteroatoms. The van der Waals surface area contributed by atoms with Crippen LogP contribution in [0.15, 0.2) is 22.9 Å². The number of anilines is 1. The molecule has 5 nitrogen and oxygen atoms in total. The first kappa shape index (κ1) is 16.0. The predicted octanol–water partition coefficient (Wildman–Crippen LogP) is 3.28. The van der Waals surface area contributed by atoms with Crippen LogP contribution < -0.4 is 5.32 Å². The Hall–Kier alpha value is -2.38. The predicted molar refractivity (Wildman–Crippen MR) is 72.2 cm³/mol. The first-order valence-corrected chi connectivity index (χ1v) is 6.52. The summed E-state index contributed by atoms with van der Waals surface area (Å²) in [7, 11) is 0. The Morgan fingerprint density at radius 3 is 2.55 bits per heavy atom. The summed E-state index contributed by atoms with van der Waals surface area (Å²) in [5, 5.41) is 6.29. The molecule has 22 heavy (non-hydrogen) atoms. The highest BCUT2D eigenvalue weighted by atomic mass is 19.4. The highest BCUT2D eigenvalue weighted by molar-refractivity contribution is 5.90. The minimum Gasteiger partial charge on any atom is -0.361 e. The first-order valence-electron chi connectivity index (χ1n) is 6.52. The molecule has 0 atom stereocenters. The molecule has 2 aromatic heterocycles. The van der Waals surface area contributed by atoms with Gasteiger partial charge in [0.2, 0.25) is 5.91 Å². The van der Waals surface area contributed by atoms with E-state index in [0.29, 0.717) is 12.2 Å². The third kappa shape index (κ3) is 3.84. The molecule has 0 aliphatic carbocycles. The molecule has 1 N–H and O–H groups in total. The average Bonchev–Trinajstić information content (AvgIpc) is 2.75. The van der Waals surface area contributed by atoms with Gasteiger partial charge in [-0.15, -0.1) is 0 Å². The second kappa shape index (κ2) is 6.17. The van der Waals surface area contributed by atoms with Gasteiger partial charge in [0, 0.05) is 12.0 Å². The molecular formula is C14H14F3N3O2. The number of aromatic nitrogens is 2. The van der Waals surface area contributed by atoms with Crippen molar-refractivity contribution < 1.29 is 22.5 Å². The monoisotopic (exact) mass is 313 g/mol. The number of amides is 1. The maximum atomic E-state index is 12.4. The van der Waals surface area contributed by atoms with E-state index >= 15 is 0 Å². The number of nitrogens with one attached hydrogen (secondary N) is 1.